The monoisotopic (exact) mass is 343 g/mol. The van der Waals surface area contributed by atoms with Gasteiger partial charge < -0.3 is 19.7 Å². The van der Waals surface area contributed by atoms with Crippen molar-refractivity contribution < 1.29 is 18.7 Å². The fourth-order valence-corrected chi connectivity index (χ4v) is 3.17. The molecule has 1 aromatic carbocycles. The topological polar surface area (TPSA) is 63.7 Å². The summed E-state index contributed by atoms with van der Waals surface area (Å²) in [5.74, 6) is 1.06. The molecule has 1 amide bonds. The minimum atomic E-state index is -0.289. The van der Waals surface area contributed by atoms with Crippen LogP contribution in [0.15, 0.2) is 36.4 Å². The molecule has 1 N–H and O–H groups in total. The van der Waals surface area contributed by atoms with Crippen LogP contribution in [0, 0.1) is 5.82 Å². The van der Waals surface area contributed by atoms with Crippen molar-refractivity contribution in [1.82, 2.24) is 4.98 Å². The summed E-state index contributed by atoms with van der Waals surface area (Å²) >= 11 is 0. The lowest BCUT2D eigenvalue weighted by molar-refractivity contribution is -0.118. The van der Waals surface area contributed by atoms with Crippen molar-refractivity contribution in [1.29, 1.82) is 0 Å². The van der Waals surface area contributed by atoms with Gasteiger partial charge in [-0.15, -0.1) is 0 Å². The second kappa shape index (κ2) is 6.33. The molecule has 0 unspecified atom stereocenters. The van der Waals surface area contributed by atoms with E-state index < -0.39 is 0 Å². The van der Waals surface area contributed by atoms with Gasteiger partial charge in [0.25, 0.3) is 5.91 Å². The van der Waals surface area contributed by atoms with Crippen LogP contribution >= 0.6 is 0 Å². The molecule has 0 bridgehead atoms. The molecule has 0 aliphatic carbocycles. The first-order valence-corrected chi connectivity index (χ1v) is 8.18. The van der Waals surface area contributed by atoms with Crippen molar-refractivity contribution in [2.24, 2.45) is 0 Å². The highest BCUT2D eigenvalue weighted by atomic mass is 19.1. The summed E-state index contributed by atoms with van der Waals surface area (Å²) in [6, 6.07) is 9.98. The maximum atomic E-state index is 14.3. The van der Waals surface area contributed by atoms with Crippen LogP contribution in [-0.2, 0) is 9.53 Å². The Labute approximate surface area is 144 Å². The average Bonchev–Trinajstić information content (AvgIpc) is 2.62. The van der Waals surface area contributed by atoms with Gasteiger partial charge in [0.2, 0.25) is 0 Å². The summed E-state index contributed by atoms with van der Waals surface area (Å²) in [4.78, 5) is 18.1. The Kier molecular flexibility index (Phi) is 4.01. The van der Waals surface area contributed by atoms with Gasteiger partial charge in [0.15, 0.2) is 18.2 Å². The third kappa shape index (κ3) is 3.02. The molecule has 1 fully saturated rings. The van der Waals surface area contributed by atoms with Crippen LogP contribution in [0.3, 0.4) is 0 Å². The third-order valence-corrected chi connectivity index (χ3v) is 4.39. The molecule has 1 aromatic heterocycles. The number of ether oxygens (including phenoxy) is 2. The standard InChI is InChI=1S/C18H18FN3O3/c1-11-8-22(14(9-24-11)12-4-2-3-5-13(12)19)16-7-6-15-18(20-16)21-17(23)10-25-15/h2-7,11,14H,8-10H2,1H3,(H,20,21,23)/t11-,14+/m0/s1. The molecule has 1 saturated heterocycles. The fraction of sp³-hybridized carbons (Fsp3) is 0.333. The molecule has 2 atom stereocenters. The molecule has 130 valence electrons. The Balaban J connectivity index is 1.71. The van der Waals surface area contributed by atoms with E-state index in [9.17, 15) is 9.18 Å². The number of halogens is 1. The van der Waals surface area contributed by atoms with Gasteiger partial charge in [-0.3, -0.25) is 4.79 Å². The van der Waals surface area contributed by atoms with Crippen LogP contribution in [0.5, 0.6) is 5.75 Å². The molecule has 0 spiro atoms. The number of hydrogen-bond donors (Lipinski definition) is 1. The second-order valence-electron chi connectivity index (χ2n) is 6.19. The Morgan fingerprint density at radius 2 is 2.12 bits per heavy atom. The lowest BCUT2D eigenvalue weighted by Crippen LogP contribution is -2.44. The molecule has 0 saturated carbocycles. The lowest BCUT2D eigenvalue weighted by Gasteiger charge is -2.40. The van der Waals surface area contributed by atoms with Crippen LogP contribution in [0.25, 0.3) is 0 Å². The highest BCUT2D eigenvalue weighted by Crippen LogP contribution is 2.35. The molecule has 0 radical (unpaired) electrons. The van der Waals surface area contributed by atoms with Crippen molar-refractivity contribution in [2.75, 3.05) is 30.0 Å². The smallest absolute Gasteiger partial charge is 0.263 e. The number of anilines is 2. The van der Waals surface area contributed by atoms with E-state index in [4.69, 9.17) is 9.47 Å². The van der Waals surface area contributed by atoms with E-state index in [-0.39, 0.29) is 30.5 Å². The van der Waals surface area contributed by atoms with Gasteiger partial charge in [-0.2, -0.15) is 0 Å². The van der Waals surface area contributed by atoms with Crippen LogP contribution in [0.1, 0.15) is 18.5 Å². The average molecular weight is 343 g/mol. The number of fused-ring (bicyclic) bond motifs is 1. The number of morpholine rings is 1. The SMILES string of the molecule is C[C@H]1CN(c2ccc3c(n2)NC(=O)CO3)[C@@H](c2ccccc2F)CO1. The summed E-state index contributed by atoms with van der Waals surface area (Å²) in [6.45, 7) is 2.89. The van der Waals surface area contributed by atoms with E-state index in [1.165, 1.54) is 6.07 Å². The van der Waals surface area contributed by atoms with Crippen molar-refractivity contribution in [2.45, 2.75) is 19.1 Å². The Morgan fingerprint density at radius 1 is 1.28 bits per heavy atom. The fourth-order valence-electron chi connectivity index (χ4n) is 3.17. The summed E-state index contributed by atoms with van der Waals surface area (Å²) in [5, 5.41) is 2.71. The zero-order valence-electron chi connectivity index (χ0n) is 13.7. The summed E-state index contributed by atoms with van der Waals surface area (Å²) < 4.78 is 25.4. The van der Waals surface area contributed by atoms with Gasteiger partial charge in [0, 0.05) is 12.1 Å². The van der Waals surface area contributed by atoms with E-state index in [2.05, 4.69) is 10.3 Å². The number of nitrogens with one attached hydrogen (secondary N) is 1. The Bertz CT molecular complexity index is 814. The molecule has 2 aliphatic heterocycles. The third-order valence-electron chi connectivity index (χ3n) is 4.39. The van der Waals surface area contributed by atoms with Gasteiger partial charge in [-0.1, -0.05) is 18.2 Å². The molecule has 25 heavy (non-hydrogen) atoms. The zero-order chi connectivity index (χ0) is 17.4. The minimum Gasteiger partial charge on any atom is -0.480 e. The minimum absolute atomic E-state index is 0.00769. The lowest BCUT2D eigenvalue weighted by atomic mass is 10.0. The van der Waals surface area contributed by atoms with Gasteiger partial charge in [0.1, 0.15) is 11.6 Å². The molecule has 2 aliphatic rings. The van der Waals surface area contributed by atoms with E-state index in [1.807, 2.05) is 24.0 Å². The molecule has 4 rings (SSSR count). The normalized spacial score (nSPS) is 22.8. The van der Waals surface area contributed by atoms with Gasteiger partial charge in [0.05, 0.1) is 18.8 Å². The van der Waals surface area contributed by atoms with E-state index in [1.54, 1.807) is 18.2 Å². The van der Waals surface area contributed by atoms with Crippen LogP contribution in [0.2, 0.25) is 0 Å². The first-order chi connectivity index (χ1) is 12.1. The van der Waals surface area contributed by atoms with Crippen molar-refractivity contribution in [3.8, 4) is 5.75 Å². The predicted octanol–water partition coefficient (Wildman–Crippen LogP) is 2.52. The predicted molar refractivity (Wildman–Crippen MR) is 90.3 cm³/mol. The number of amides is 1. The van der Waals surface area contributed by atoms with Crippen molar-refractivity contribution in [3.05, 3.63) is 47.8 Å². The number of benzene rings is 1. The number of nitrogens with zero attached hydrogens (tertiary/aromatic N) is 2. The molecule has 2 aromatic rings. The Morgan fingerprint density at radius 3 is 2.96 bits per heavy atom. The van der Waals surface area contributed by atoms with Crippen LogP contribution in [0.4, 0.5) is 16.0 Å². The first-order valence-electron chi connectivity index (χ1n) is 8.18. The molecule has 3 heterocycles. The van der Waals surface area contributed by atoms with Crippen molar-refractivity contribution >= 4 is 17.5 Å². The first kappa shape index (κ1) is 15.8. The van der Waals surface area contributed by atoms with Gasteiger partial charge in [-0.25, -0.2) is 9.37 Å². The zero-order valence-corrected chi connectivity index (χ0v) is 13.7. The maximum absolute atomic E-state index is 14.3. The second-order valence-corrected chi connectivity index (χ2v) is 6.19. The largest absolute Gasteiger partial charge is 0.480 e. The Hall–Kier alpha value is -2.67. The number of hydrogen-bond acceptors (Lipinski definition) is 5. The number of pyridine rings is 1. The maximum Gasteiger partial charge on any atom is 0.263 e. The highest BCUT2D eigenvalue weighted by Gasteiger charge is 2.31. The molecule has 7 heteroatoms. The van der Waals surface area contributed by atoms with Gasteiger partial charge in [-0.05, 0) is 25.1 Å². The molecular formula is C18H18FN3O3. The van der Waals surface area contributed by atoms with E-state index in [0.29, 0.717) is 36.1 Å². The summed E-state index contributed by atoms with van der Waals surface area (Å²) in [5.41, 5.74) is 0.564. The number of carbonyl (C=O) groups is 1. The quantitative estimate of drug-likeness (QED) is 0.908. The number of carbonyl (C=O) groups excluding carboxylic acids is 1. The highest BCUT2D eigenvalue weighted by molar-refractivity contribution is 5.94. The van der Waals surface area contributed by atoms with Crippen LogP contribution in [-0.4, -0.2) is 36.8 Å². The van der Waals surface area contributed by atoms with Crippen LogP contribution < -0.4 is 15.0 Å². The summed E-state index contributed by atoms with van der Waals surface area (Å²) in [7, 11) is 0. The number of rotatable bonds is 2. The molecule has 6 nitrogen and oxygen atoms in total. The van der Waals surface area contributed by atoms with Gasteiger partial charge >= 0.3 is 0 Å². The van der Waals surface area contributed by atoms with E-state index in [0.717, 1.165) is 0 Å². The van der Waals surface area contributed by atoms with Crippen molar-refractivity contribution in [3.63, 3.8) is 0 Å². The van der Waals surface area contributed by atoms with E-state index >= 15 is 0 Å². The molecular weight excluding hydrogens is 325 g/mol. The summed E-state index contributed by atoms with van der Waals surface area (Å²) in [6.07, 6.45) is -0.00769. The number of aromatic nitrogens is 1.